The van der Waals surface area contributed by atoms with Crippen LogP contribution in [-0.2, 0) is 16.1 Å². The first-order chi connectivity index (χ1) is 15.4. The second-order valence-electron chi connectivity index (χ2n) is 7.54. The van der Waals surface area contributed by atoms with E-state index in [1.54, 1.807) is 29.1 Å². The average molecular weight is 438 g/mol. The molecule has 4 rings (SSSR count). The van der Waals surface area contributed by atoms with Crippen LogP contribution in [-0.4, -0.2) is 45.7 Å². The highest BCUT2D eigenvalue weighted by Crippen LogP contribution is 2.25. The number of anilines is 2. The van der Waals surface area contributed by atoms with Gasteiger partial charge in [0.15, 0.2) is 0 Å². The summed E-state index contributed by atoms with van der Waals surface area (Å²) in [6, 6.07) is 8.36. The monoisotopic (exact) mass is 438 g/mol. The van der Waals surface area contributed by atoms with Gasteiger partial charge in [0.2, 0.25) is 5.91 Å². The molecule has 1 aliphatic heterocycles. The van der Waals surface area contributed by atoms with Crippen LogP contribution in [0.2, 0.25) is 0 Å². The van der Waals surface area contributed by atoms with Gasteiger partial charge in [-0.2, -0.15) is 0 Å². The van der Waals surface area contributed by atoms with Gasteiger partial charge in [0.25, 0.3) is 0 Å². The molecule has 10 heteroatoms. The molecule has 2 aromatic heterocycles. The number of halogens is 1. The highest BCUT2D eigenvalue weighted by molar-refractivity contribution is 5.90. The summed E-state index contributed by atoms with van der Waals surface area (Å²) in [6.45, 7) is 4.24. The molecule has 1 atom stereocenters. The van der Waals surface area contributed by atoms with Crippen LogP contribution in [0.25, 0.3) is 5.69 Å². The quantitative estimate of drug-likeness (QED) is 0.588. The Morgan fingerprint density at radius 2 is 2.12 bits per heavy atom. The topological polar surface area (TPSA) is 101 Å². The van der Waals surface area contributed by atoms with Gasteiger partial charge in [-0.25, -0.2) is 19.2 Å². The average Bonchev–Trinajstić information content (AvgIpc) is 3.38. The van der Waals surface area contributed by atoms with Gasteiger partial charge in [-0.3, -0.25) is 9.69 Å². The Hall–Kier alpha value is -3.95. The largest absolute Gasteiger partial charge is 0.442 e. The molecule has 1 fully saturated rings. The Kier molecular flexibility index (Phi) is 6.02. The number of amides is 2. The molecule has 1 aliphatic rings. The lowest BCUT2D eigenvalue weighted by molar-refractivity contribution is -0.119. The van der Waals surface area contributed by atoms with Crippen LogP contribution < -0.4 is 15.5 Å². The zero-order valence-corrected chi connectivity index (χ0v) is 17.7. The maximum Gasteiger partial charge on any atom is 0.414 e. The summed E-state index contributed by atoms with van der Waals surface area (Å²) in [5.41, 5.74) is 2.49. The summed E-state index contributed by atoms with van der Waals surface area (Å²) >= 11 is 0. The van der Waals surface area contributed by atoms with Crippen LogP contribution >= 0.6 is 0 Å². The Morgan fingerprint density at radius 3 is 2.84 bits per heavy atom. The van der Waals surface area contributed by atoms with E-state index in [1.807, 2.05) is 19.1 Å². The van der Waals surface area contributed by atoms with Gasteiger partial charge in [0.1, 0.15) is 17.7 Å². The first-order valence-electron chi connectivity index (χ1n) is 10.1. The molecule has 2 N–H and O–H groups in total. The van der Waals surface area contributed by atoms with Crippen molar-refractivity contribution in [1.29, 1.82) is 0 Å². The highest BCUT2D eigenvalue weighted by atomic mass is 19.1. The molecule has 2 amide bonds. The van der Waals surface area contributed by atoms with Crippen molar-refractivity contribution in [3.05, 3.63) is 66.1 Å². The summed E-state index contributed by atoms with van der Waals surface area (Å²) < 4.78 is 21.7. The number of carbonyl (C=O) groups excluding carboxylic acids is 2. The van der Waals surface area contributed by atoms with Crippen molar-refractivity contribution >= 4 is 23.5 Å². The minimum absolute atomic E-state index is 0.208. The number of ether oxygens (including phenoxy) is 1. The summed E-state index contributed by atoms with van der Waals surface area (Å²) in [6.07, 6.45) is 3.97. The van der Waals surface area contributed by atoms with Crippen molar-refractivity contribution in [3.8, 4) is 5.69 Å². The molecule has 0 bridgehead atoms. The maximum absolute atomic E-state index is 14.9. The van der Waals surface area contributed by atoms with E-state index in [1.165, 1.54) is 24.2 Å². The number of pyridine rings is 1. The smallest absolute Gasteiger partial charge is 0.414 e. The number of benzene rings is 1. The first-order valence-corrected chi connectivity index (χ1v) is 10.1. The van der Waals surface area contributed by atoms with Crippen molar-refractivity contribution in [3.63, 3.8) is 0 Å². The molecule has 0 aliphatic carbocycles. The fraction of sp³-hybridized carbons (Fsp3) is 0.273. The fourth-order valence-corrected chi connectivity index (χ4v) is 3.31. The molecule has 1 saturated heterocycles. The van der Waals surface area contributed by atoms with E-state index in [0.29, 0.717) is 17.9 Å². The van der Waals surface area contributed by atoms with Crippen LogP contribution in [0, 0.1) is 12.7 Å². The van der Waals surface area contributed by atoms with Crippen LogP contribution in [0.3, 0.4) is 0 Å². The minimum atomic E-state index is -0.576. The summed E-state index contributed by atoms with van der Waals surface area (Å²) in [5.74, 6) is 0.0210. The molecule has 1 aromatic carbocycles. The molecule has 9 nitrogen and oxygen atoms in total. The number of aryl methyl sites for hydroxylation is 1. The molecule has 0 unspecified atom stereocenters. The predicted molar refractivity (Wildman–Crippen MR) is 116 cm³/mol. The molecular weight excluding hydrogens is 415 g/mol. The van der Waals surface area contributed by atoms with Gasteiger partial charge >= 0.3 is 6.09 Å². The van der Waals surface area contributed by atoms with Crippen molar-refractivity contribution < 1.29 is 18.7 Å². The summed E-state index contributed by atoms with van der Waals surface area (Å²) in [4.78, 5) is 33.1. The van der Waals surface area contributed by atoms with Crippen LogP contribution in [0.4, 0.5) is 20.7 Å². The van der Waals surface area contributed by atoms with Gasteiger partial charge in [-0.1, -0.05) is 6.07 Å². The number of nitrogens with one attached hydrogen (secondary N) is 2. The van der Waals surface area contributed by atoms with Gasteiger partial charge in [-0.15, -0.1) is 0 Å². The standard InChI is InChI=1S/C22H23FN6O3/c1-14-3-6-21(25-8-14)26-9-16-11-28(13-27-16)20-5-4-17(7-19(20)23)29-12-18(32-22(29)31)10-24-15(2)30/h3-8,11,13,18H,9-10,12H2,1-2H3,(H,24,30)(H,25,26)/t18-/m0/s1. The van der Waals surface area contributed by atoms with Crippen molar-refractivity contribution in [2.24, 2.45) is 0 Å². The van der Waals surface area contributed by atoms with Crippen LogP contribution in [0.5, 0.6) is 0 Å². The number of aromatic nitrogens is 3. The van der Waals surface area contributed by atoms with E-state index in [-0.39, 0.29) is 19.0 Å². The van der Waals surface area contributed by atoms with E-state index < -0.39 is 18.0 Å². The Morgan fingerprint density at radius 1 is 1.28 bits per heavy atom. The van der Waals surface area contributed by atoms with Gasteiger partial charge in [-0.05, 0) is 36.8 Å². The second-order valence-corrected chi connectivity index (χ2v) is 7.54. The number of carbonyl (C=O) groups is 2. The molecule has 0 spiro atoms. The number of imidazole rings is 1. The molecule has 166 valence electrons. The fourth-order valence-electron chi connectivity index (χ4n) is 3.31. The molecule has 3 heterocycles. The van der Waals surface area contributed by atoms with Crippen molar-refractivity contribution in [2.75, 3.05) is 23.3 Å². The molecule has 0 radical (unpaired) electrons. The first kappa shape index (κ1) is 21.3. The van der Waals surface area contributed by atoms with Gasteiger partial charge in [0, 0.05) is 19.3 Å². The number of cyclic esters (lactones) is 1. The zero-order chi connectivity index (χ0) is 22.7. The van der Waals surface area contributed by atoms with Crippen molar-refractivity contribution in [2.45, 2.75) is 26.5 Å². The number of nitrogens with zero attached hydrogens (tertiary/aromatic N) is 4. The molecule has 3 aromatic rings. The normalized spacial score (nSPS) is 15.5. The predicted octanol–water partition coefficient (Wildman–Crippen LogP) is 2.79. The minimum Gasteiger partial charge on any atom is -0.442 e. The lowest BCUT2D eigenvalue weighted by Crippen LogP contribution is -2.33. The van der Waals surface area contributed by atoms with E-state index >= 15 is 0 Å². The summed E-state index contributed by atoms with van der Waals surface area (Å²) in [7, 11) is 0. The van der Waals surface area contributed by atoms with E-state index in [9.17, 15) is 14.0 Å². The van der Waals surface area contributed by atoms with E-state index in [4.69, 9.17) is 4.74 Å². The van der Waals surface area contributed by atoms with Gasteiger partial charge < -0.3 is 19.9 Å². The SMILES string of the molecule is CC(=O)NC[C@H]1CN(c2ccc(-n3cnc(CNc4ccc(C)cn4)c3)c(F)c2)C(=O)O1. The molecular formula is C22H23FN6O3. The third-order valence-corrected chi connectivity index (χ3v) is 4.97. The molecule has 0 saturated carbocycles. The highest BCUT2D eigenvalue weighted by Gasteiger charge is 2.32. The van der Waals surface area contributed by atoms with Crippen LogP contribution in [0.1, 0.15) is 18.2 Å². The number of hydrogen-bond acceptors (Lipinski definition) is 6. The Labute approximate surface area is 184 Å². The number of rotatable bonds is 7. The Bertz CT molecular complexity index is 1130. The van der Waals surface area contributed by atoms with Crippen LogP contribution in [0.15, 0.2) is 49.1 Å². The lowest BCUT2D eigenvalue weighted by Gasteiger charge is -2.14. The molecule has 32 heavy (non-hydrogen) atoms. The third-order valence-electron chi connectivity index (χ3n) is 4.97. The second kappa shape index (κ2) is 9.04. The zero-order valence-electron chi connectivity index (χ0n) is 17.7. The van der Waals surface area contributed by atoms with E-state index in [0.717, 1.165) is 17.1 Å². The van der Waals surface area contributed by atoms with Crippen molar-refractivity contribution in [1.82, 2.24) is 19.9 Å². The van der Waals surface area contributed by atoms with Gasteiger partial charge in [0.05, 0.1) is 43.0 Å². The maximum atomic E-state index is 14.9. The Balaban J connectivity index is 1.42. The van der Waals surface area contributed by atoms with E-state index in [2.05, 4.69) is 20.6 Å². The number of hydrogen-bond donors (Lipinski definition) is 2. The summed E-state index contributed by atoms with van der Waals surface area (Å²) in [5, 5.41) is 5.79. The third kappa shape index (κ3) is 4.85. The lowest BCUT2D eigenvalue weighted by atomic mass is 10.2.